The topological polar surface area (TPSA) is 92.9 Å². The van der Waals surface area contributed by atoms with Gasteiger partial charge in [0.25, 0.3) is 5.91 Å². The molecule has 1 amide bonds. The zero-order chi connectivity index (χ0) is 14.7. The van der Waals surface area contributed by atoms with Gasteiger partial charge in [-0.15, -0.1) is 0 Å². The standard InChI is InChI=1S/C13H18N2O5/c1-3-8(2)9-6-10(20-14-9)12(16)15-4-5-19-11(7-15)13(17)18/h6,8,11H,3-5,7H2,1-2H3,(H,17,18)/t8-,11+/m0/s1. The van der Waals surface area contributed by atoms with Crippen molar-refractivity contribution in [3.8, 4) is 0 Å². The maximum absolute atomic E-state index is 12.2. The Labute approximate surface area is 116 Å². The molecule has 1 aliphatic heterocycles. The first-order valence-corrected chi connectivity index (χ1v) is 6.63. The van der Waals surface area contributed by atoms with Crippen LogP contribution in [0.3, 0.4) is 0 Å². The lowest BCUT2D eigenvalue weighted by Crippen LogP contribution is -2.48. The number of carboxylic acid groups (broad SMARTS) is 1. The molecule has 1 aliphatic rings. The summed E-state index contributed by atoms with van der Waals surface area (Å²) in [7, 11) is 0. The van der Waals surface area contributed by atoms with Crippen LogP contribution in [0, 0.1) is 0 Å². The minimum atomic E-state index is -1.07. The van der Waals surface area contributed by atoms with E-state index >= 15 is 0 Å². The van der Waals surface area contributed by atoms with Crippen LogP contribution in [0.5, 0.6) is 0 Å². The summed E-state index contributed by atoms with van der Waals surface area (Å²) in [5, 5.41) is 12.8. The highest BCUT2D eigenvalue weighted by Gasteiger charge is 2.31. The van der Waals surface area contributed by atoms with Crippen LogP contribution in [0.15, 0.2) is 10.6 Å². The molecule has 2 atom stereocenters. The molecule has 0 aromatic carbocycles. The number of aromatic nitrogens is 1. The quantitative estimate of drug-likeness (QED) is 0.889. The predicted molar refractivity (Wildman–Crippen MR) is 68.5 cm³/mol. The van der Waals surface area contributed by atoms with E-state index in [9.17, 15) is 9.59 Å². The predicted octanol–water partition coefficient (Wildman–Crippen LogP) is 1.11. The number of carbonyl (C=O) groups is 2. The minimum absolute atomic E-state index is 0.0214. The molecule has 20 heavy (non-hydrogen) atoms. The zero-order valence-electron chi connectivity index (χ0n) is 11.5. The molecule has 1 aromatic heterocycles. The Morgan fingerprint density at radius 1 is 1.60 bits per heavy atom. The van der Waals surface area contributed by atoms with Crippen LogP contribution in [-0.2, 0) is 9.53 Å². The Bertz CT molecular complexity index is 499. The maximum Gasteiger partial charge on any atom is 0.334 e. The first-order chi connectivity index (χ1) is 9.52. The van der Waals surface area contributed by atoms with Crippen molar-refractivity contribution in [2.75, 3.05) is 19.7 Å². The van der Waals surface area contributed by atoms with Crippen LogP contribution < -0.4 is 0 Å². The summed E-state index contributed by atoms with van der Waals surface area (Å²) in [5.41, 5.74) is 0.735. The van der Waals surface area contributed by atoms with E-state index in [0.29, 0.717) is 6.54 Å². The Morgan fingerprint density at radius 2 is 2.35 bits per heavy atom. The molecule has 0 radical (unpaired) electrons. The number of aliphatic carboxylic acids is 1. The monoisotopic (exact) mass is 282 g/mol. The highest BCUT2D eigenvalue weighted by molar-refractivity contribution is 5.92. The summed E-state index contributed by atoms with van der Waals surface area (Å²) in [4.78, 5) is 24.5. The highest BCUT2D eigenvalue weighted by Crippen LogP contribution is 2.19. The smallest absolute Gasteiger partial charge is 0.334 e. The number of hydrogen-bond acceptors (Lipinski definition) is 5. The molecular weight excluding hydrogens is 264 g/mol. The molecule has 1 fully saturated rings. The van der Waals surface area contributed by atoms with Crippen molar-refractivity contribution in [1.29, 1.82) is 0 Å². The Kier molecular flexibility index (Phi) is 4.39. The van der Waals surface area contributed by atoms with Gasteiger partial charge in [0, 0.05) is 18.5 Å². The van der Waals surface area contributed by atoms with Gasteiger partial charge in [0.1, 0.15) is 0 Å². The maximum atomic E-state index is 12.2. The van der Waals surface area contributed by atoms with Crippen molar-refractivity contribution in [2.45, 2.75) is 32.3 Å². The molecular formula is C13H18N2O5. The minimum Gasteiger partial charge on any atom is -0.479 e. The molecule has 1 aromatic rings. The third kappa shape index (κ3) is 2.98. The largest absolute Gasteiger partial charge is 0.479 e. The number of morpholine rings is 1. The summed E-state index contributed by atoms with van der Waals surface area (Å²) in [6.07, 6.45) is -0.0802. The van der Waals surface area contributed by atoms with Crippen molar-refractivity contribution < 1.29 is 24.0 Å². The number of carboxylic acids is 1. The van der Waals surface area contributed by atoms with Crippen LogP contribution in [0.2, 0.25) is 0 Å². The molecule has 2 rings (SSSR count). The Morgan fingerprint density at radius 3 is 3.00 bits per heavy atom. The van der Waals surface area contributed by atoms with Gasteiger partial charge in [0.05, 0.1) is 18.8 Å². The fourth-order valence-electron chi connectivity index (χ4n) is 1.97. The lowest BCUT2D eigenvalue weighted by molar-refractivity contribution is -0.154. The van der Waals surface area contributed by atoms with Gasteiger partial charge in [0.2, 0.25) is 5.76 Å². The molecule has 7 heteroatoms. The summed E-state index contributed by atoms with van der Waals surface area (Å²) < 4.78 is 10.1. The lowest BCUT2D eigenvalue weighted by Gasteiger charge is -2.29. The van der Waals surface area contributed by atoms with Gasteiger partial charge >= 0.3 is 5.97 Å². The highest BCUT2D eigenvalue weighted by atomic mass is 16.5. The van der Waals surface area contributed by atoms with Crippen molar-refractivity contribution in [2.24, 2.45) is 0 Å². The van der Waals surface area contributed by atoms with Gasteiger partial charge in [-0.1, -0.05) is 19.0 Å². The second kappa shape index (κ2) is 6.04. The van der Waals surface area contributed by atoms with Crippen molar-refractivity contribution in [1.82, 2.24) is 10.1 Å². The van der Waals surface area contributed by atoms with E-state index in [2.05, 4.69) is 5.16 Å². The number of nitrogens with zero attached hydrogens (tertiary/aromatic N) is 2. The molecule has 7 nitrogen and oxygen atoms in total. The first kappa shape index (κ1) is 14.5. The van der Waals surface area contributed by atoms with E-state index in [0.717, 1.165) is 12.1 Å². The van der Waals surface area contributed by atoms with E-state index in [4.69, 9.17) is 14.4 Å². The summed E-state index contributed by atoms with van der Waals surface area (Å²) in [6, 6.07) is 1.63. The van der Waals surface area contributed by atoms with Crippen molar-refractivity contribution >= 4 is 11.9 Å². The van der Waals surface area contributed by atoms with E-state index < -0.39 is 12.1 Å². The van der Waals surface area contributed by atoms with Crippen molar-refractivity contribution in [3.05, 3.63) is 17.5 Å². The van der Waals surface area contributed by atoms with E-state index in [1.165, 1.54) is 4.90 Å². The normalized spacial score (nSPS) is 20.7. The van der Waals surface area contributed by atoms with Gasteiger partial charge in [-0.3, -0.25) is 4.79 Å². The summed E-state index contributed by atoms with van der Waals surface area (Å²) in [6.45, 7) is 4.60. The average molecular weight is 282 g/mol. The van der Waals surface area contributed by atoms with Crippen LogP contribution in [-0.4, -0.2) is 52.8 Å². The van der Waals surface area contributed by atoms with E-state index in [1.54, 1.807) is 6.07 Å². The van der Waals surface area contributed by atoms with Crippen LogP contribution >= 0.6 is 0 Å². The van der Waals surface area contributed by atoms with Gasteiger partial charge in [-0.05, 0) is 6.42 Å². The summed E-state index contributed by atoms with van der Waals surface area (Å²) >= 11 is 0. The van der Waals surface area contributed by atoms with Crippen molar-refractivity contribution in [3.63, 3.8) is 0 Å². The molecule has 0 saturated carbocycles. The fraction of sp³-hybridized carbons (Fsp3) is 0.615. The third-order valence-electron chi connectivity index (χ3n) is 3.49. The van der Waals surface area contributed by atoms with Crippen LogP contribution in [0.4, 0.5) is 0 Å². The molecule has 2 heterocycles. The number of rotatable bonds is 4. The zero-order valence-corrected chi connectivity index (χ0v) is 11.5. The van der Waals surface area contributed by atoms with E-state index in [1.807, 2.05) is 13.8 Å². The number of carbonyl (C=O) groups excluding carboxylic acids is 1. The number of hydrogen-bond donors (Lipinski definition) is 1. The lowest BCUT2D eigenvalue weighted by atomic mass is 10.1. The Hall–Kier alpha value is -1.89. The molecule has 0 spiro atoms. The first-order valence-electron chi connectivity index (χ1n) is 6.63. The number of ether oxygens (including phenoxy) is 1. The second-order valence-corrected chi connectivity index (χ2v) is 4.87. The summed E-state index contributed by atoms with van der Waals surface area (Å²) in [5.74, 6) is -1.05. The van der Waals surface area contributed by atoms with Crippen LogP contribution in [0.1, 0.15) is 42.4 Å². The third-order valence-corrected chi connectivity index (χ3v) is 3.49. The second-order valence-electron chi connectivity index (χ2n) is 4.87. The Balaban J connectivity index is 2.07. The van der Waals surface area contributed by atoms with Gasteiger partial charge < -0.3 is 19.3 Å². The molecule has 110 valence electrons. The van der Waals surface area contributed by atoms with Gasteiger partial charge in [-0.25, -0.2) is 4.79 Å². The van der Waals surface area contributed by atoms with Gasteiger partial charge in [-0.2, -0.15) is 0 Å². The SMILES string of the molecule is CC[C@H](C)c1cc(C(=O)N2CCO[C@@H](C(=O)O)C2)on1. The van der Waals surface area contributed by atoms with E-state index in [-0.39, 0.29) is 30.7 Å². The molecule has 0 unspecified atom stereocenters. The fourth-order valence-corrected chi connectivity index (χ4v) is 1.97. The average Bonchev–Trinajstić information content (AvgIpc) is 2.95. The number of amides is 1. The molecule has 0 aliphatic carbocycles. The molecule has 1 N–H and O–H groups in total. The van der Waals surface area contributed by atoms with Crippen LogP contribution in [0.25, 0.3) is 0 Å². The van der Waals surface area contributed by atoms with Gasteiger partial charge in [0.15, 0.2) is 6.10 Å². The molecule has 1 saturated heterocycles. The molecule has 0 bridgehead atoms.